The van der Waals surface area contributed by atoms with Crippen LogP contribution in [0.5, 0.6) is 0 Å². The third-order valence-electron chi connectivity index (χ3n) is 2.62. The number of hydrogen-bond acceptors (Lipinski definition) is 1. The molecule has 3 heteroatoms. The Kier molecular flexibility index (Phi) is 5.79. The largest absolute Gasteiger partial charge is 0.481 e. The number of unbranched alkanes of at least 4 members (excludes halogenated alkanes) is 1. The van der Waals surface area contributed by atoms with Crippen LogP contribution in [0.3, 0.4) is 0 Å². The summed E-state index contributed by atoms with van der Waals surface area (Å²) in [6, 6.07) is 7.74. The monoisotopic (exact) mass is 294 g/mol. The number of carbonyl (C=O) groups is 1. The van der Waals surface area contributed by atoms with E-state index in [1.54, 1.807) is 0 Å². The lowest BCUT2D eigenvalue weighted by molar-refractivity contribution is -0.141. The second-order valence-corrected chi connectivity index (χ2v) is 4.88. The second-order valence-electron chi connectivity index (χ2n) is 3.96. The first-order valence-corrected chi connectivity index (χ1v) is 6.33. The number of terminal acetylenes is 1. The molecule has 0 spiro atoms. The van der Waals surface area contributed by atoms with Crippen LogP contribution < -0.4 is 0 Å². The van der Waals surface area contributed by atoms with E-state index in [2.05, 4.69) is 21.9 Å². The fourth-order valence-corrected chi connectivity index (χ4v) is 1.93. The number of carboxylic acids is 1. The van der Waals surface area contributed by atoms with Gasteiger partial charge >= 0.3 is 5.97 Å². The summed E-state index contributed by atoms with van der Waals surface area (Å²) < 4.78 is 1.00. The molecule has 1 unspecified atom stereocenters. The highest BCUT2D eigenvalue weighted by molar-refractivity contribution is 9.10. The van der Waals surface area contributed by atoms with E-state index in [-0.39, 0.29) is 5.92 Å². The van der Waals surface area contributed by atoms with E-state index in [0.717, 1.165) is 16.5 Å². The Balaban J connectivity index is 2.57. The van der Waals surface area contributed by atoms with Crippen LogP contribution in [-0.4, -0.2) is 11.1 Å². The van der Waals surface area contributed by atoms with Gasteiger partial charge in [0.1, 0.15) is 0 Å². The summed E-state index contributed by atoms with van der Waals surface area (Å²) in [4.78, 5) is 11.1. The van der Waals surface area contributed by atoms with Crippen molar-refractivity contribution in [3.05, 3.63) is 34.3 Å². The lowest BCUT2D eigenvalue weighted by Crippen LogP contribution is -2.16. The zero-order valence-corrected chi connectivity index (χ0v) is 11.1. The molecule has 0 saturated carbocycles. The fraction of sp³-hybridized carbons (Fsp3) is 0.357. The molecule has 0 amide bonds. The van der Waals surface area contributed by atoms with Crippen LogP contribution in [0.2, 0.25) is 0 Å². The highest BCUT2D eigenvalue weighted by Gasteiger charge is 2.17. The smallest absolute Gasteiger partial charge is 0.306 e. The SMILES string of the molecule is C#CCCCC(Cc1ccc(Br)cc1)C(=O)O. The Bertz CT molecular complexity index is 403. The summed E-state index contributed by atoms with van der Waals surface area (Å²) in [5.74, 6) is 1.45. The minimum Gasteiger partial charge on any atom is -0.481 e. The van der Waals surface area contributed by atoms with Gasteiger partial charge in [-0.3, -0.25) is 4.79 Å². The summed E-state index contributed by atoms with van der Waals surface area (Å²) in [6.07, 6.45) is 7.77. The van der Waals surface area contributed by atoms with Crippen molar-refractivity contribution in [1.82, 2.24) is 0 Å². The van der Waals surface area contributed by atoms with Crippen molar-refractivity contribution >= 4 is 21.9 Å². The molecule has 0 saturated heterocycles. The van der Waals surface area contributed by atoms with Gasteiger partial charge in [0.15, 0.2) is 0 Å². The van der Waals surface area contributed by atoms with Crippen LogP contribution in [0.15, 0.2) is 28.7 Å². The number of hydrogen-bond donors (Lipinski definition) is 1. The molecule has 0 aliphatic carbocycles. The third kappa shape index (κ3) is 5.06. The molecule has 1 N–H and O–H groups in total. The molecular weight excluding hydrogens is 280 g/mol. The minimum atomic E-state index is -0.745. The van der Waals surface area contributed by atoms with Crippen molar-refractivity contribution in [1.29, 1.82) is 0 Å². The Labute approximate surface area is 110 Å². The maximum Gasteiger partial charge on any atom is 0.306 e. The Morgan fingerprint density at radius 2 is 2.06 bits per heavy atom. The van der Waals surface area contributed by atoms with Crippen LogP contribution >= 0.6 is 15.9 Å². The van der Waals surface area contributed by atoms with E-state index in [9.17, 15) is 4.79 Å². The topological polar surface area (TPSA) is 37.3 Å². The molecule has 0 fully saturated rings. The van der Waals surface area contributed by atoms with Gasteiger partial charge in [-0.25, -0.2) is 0 Å². The van der Waals surface area contributed by atoms with Crippen molar-refractivity contribution in [2.45, 2.75) is 25.7 Å². The van der Waals surface area contributed by atoms with E-state index in [0.29, 0.717) is 19.3 Å². The first-order valence-electron chi connectivity index (χ1n) is 5.54. The number of benzene rings is 1. The van der Waals surface area contributed by atoms with Crippen LogP contribution in [0.25, 0.3) is 0 Å². The molecule has 0 aromatic heterocycles. The van der Waals surface area contributed by atoms with Crippen LogP contribution in [-0.2, 0) is 11.2 Å². The van der Waals surface area contributed by atoms with Crippen molar-refractivity contribution in [3.63, 3.8) is 0 Å². The zero-order valence-electron chi connectivity index (χ0n) is 9.53. The van der Waals surface area contributed by atoms with Crippen molar-refractivity contribution < 1.29 is 9.90 Å². The maximum absolute atomic E-state index is 11.1. The summed E-state index contributed by atoms with van der Waals surface area (Å²) in [5, 5.41) is 9.13. The fourth-order valence-electron chi connectivity index (χ4n) is 1.67. The highest BCUT2D eigenvalue weighted by atomic mass is 79.9. The standard InChI is InChI=1S/C14H15BrO2/c1-2-3-4-5-12(14(16)17)10-11-6-8-13(15)9-7-11/h1,6-9,12H,3-5,10H2,(H,16,17). The molecule has 1 rings (SSSR count). The Morgan fingerprint density at radius 3 is 2.59 bits per heavy atom. The lowest BCUT2D eigenvalue weighted by Gasteiger charge is -2.11. The van der Waals surface area contributed by atoms with Gasteiger partial charge in [-0.05, 0) is 37.0 Å². The molecule has 0 heterocycles. The molecule has 17 heavy (non-hydrogen) atoms. The summed E-state index contributed by atoms with van der Waals surface area (Å²) in [6.45, 7) is 0. The first kappa shape index (κ1) is 13.8. The van der Waals surface area contributed by atoms with Crippen LogP contribution in [0.4, 0.5) is 0 Å². The molecule has 1 atom stereocenters. The number of rotatable bonds is 6. The number of carboxylic acid groups (broad SMARTS) is 1. The first-order chi connectivity index (χ1) is 8.13. The second kappa shape index (κ2) is 7.13. The maximum atomic E-state index is 11.1. The lowest BCUT2D eigenvalue weighted by atomic mass is 9.94. The molecule has 0 aliphatic heterocycles. The van der Waals surface area contributed by atoms with Crippen molar-refractivity contribution in [2.75, 3.05) is 0 Å². The highest BCUT2D eigenvalue weighted by Crippen LogP contribution is 2.18. The molecule has 2 nitrogen and oxygen atoms in total. The van der Waals surface area contributed by atoms with E-state index >= 15 is 0 Å². The molecule has 0 radical (unpaired) electrons. The molecule has 0 bridgehead atoms. The molecule has 1 aromatic rings. The van der Waals surface area contributed by atoms with E-state index in [4.69, 9.17) is 11.5 Å². The Morgan fingerprint density at radius 1 is 1.41 bits per heavy atom. The normalized spacial score (nSPS) is 11.8. The summed E-state index contributed by atoms with van der Waals surface area (Å²) >= 11 is 3.35. The van der Waals surface area contributed by atoms with Gasteiger partial charge in [0.2, 0.25) is 0 Å². The van der Waals surface area contributed by atoms with Gasteiger partial charge in [0.25, 0.3) is 0 Å². The average molecular weight is 295 g/mol. The Hall–Kier alpha value is -1.27. The molecular formula is C14H15BrO2. The quantitative estimate of drug-likeness (QED) is 0.644. The van der Waals surface area contributed by atoms with Gasteiger partial charge in [-0.2, -0.15) is 0 Å². The summed E-state index contributed by atoms with van der Waals surface area (Å²) in [7, 11) is 0. The van der Waals surface area contributed by atoms with Crippen molar-refractivity contribution in [3.8, 4) is 12.3 Å². The molecule has 1 aromatic carbocycles. The average Bonchev–Trinajstić information content (AvgIpc) is 2.30. The van der Waals surface area contributed by atoms with Gasteiger partial charge in [-0.15, -0.1) is 12.3 Å². The third-order valence-corrected chi connectivity index (χ3v) is 3.15. The number of halogens is 1. The van der Waals surface area contributed by atoms with E-state index in [1.165, 1.54) is 0 Å². The molecule has 0 aliphatic rings. The van der Waals surface area contributed by atoms with Crippen LogP contribution in [0, 0.1) is 18.3 Å². The van der Waals surface area contributed by atoms with Gasteiger partial charge < -0.3 is 5.11 Å². The van der Waals surface area contributed by atoms with Crippen molar-refractivity contribution in [2.24, 2.45) is 5.92 Å². The number of aliphatic carboxylic acids is 1. The minimum absolute atomic E-state index is 0.343. The summed E-state index contributed by atoms with van der Waals surface area (Å²) in [5.41, 5.74) is 1.04. The van der Waals surface area contributed by atoms with E-state index in [1.807, 2.05) is 24.3 Å². The van der Waals surface area contributed by atoms with Gasteiger partial charge in [0, 0.05) is 10.9 Å². The zero-order chi connectivity index (χ0) is 12.7. The van der Waals surface area contributed by atoms with E-state index < -0.39 is 5.97 Å². The predicted molar refractivity (Wildman–Crippen MR) is 71.7 cm³/mol. The van der Waals surface area contributed by atoms with Gasteiger partial charge in [0.05, 0.1) is 5.92 Å². The van der Waals surface area contributed by atoms with Gasteiger partial charge in [-0.1, -0.05) is 28.1 Å². The predicted octanol–water partition coefficient (Wildman–Crippen LogP) is 3.50. The molecule has 90 valence electrons. The van der Waals surface area contributed by atoms with Crippen LogP contribution in [0.1, 0.15) is 24.8 Å².